The molecule has 5 heteroatoms. The number of hydrogen-bond acceptors (Lipinski definition) is 3. The summed E-state index contributed by atoms with van der Waals surface area (Å²) in [5.74, 6) is -0.265. The van der Waals surface area contributed by atoms with Crippen molar-refractivity contribution >= 4 is 12.1 Å². The maximum absolute atomic E-state index is 11.6. The first-order valence-corrected chi connectivity index (χ1v) is 8.00. The molecule has 1 atom stereocenters. The van der Waals surface area contributed by atoms with E-state index in [1.165, 1.54) is 32.1 Å². The van der Waals surface area contributed by atoms with E-state index in [-0.39, 0.29) is 0 Å². The van der Waals surface area contributed by atoms with Crippen LogP contribution in [0.15, 0.2) is 0 Å². The Kier molecular flexibility index (Phi) is 6.99. The summed E-state index contributed by atoms with van der Waals surface area (Å²) >= 11 is 0. The van der Waals surface area contributed by atoms with Gasteiger partial charge in [0.25, 0.3) is 0 Å². The van der Waals surface area contributed by atoms with Gasteiger partial charge in [0.2, 0.25) is 0 Å². The summed E-state index contributed by atoms with van der Waals surface area (Å²) in [6, 6.07) is -0.858. The van der Waals surface area contributed by atoms with Crippen molar-refractivity contribution in [1.82, 2.24) is 5.32 Å². The third-order valence-electron chi connectivity index (χ3n) is 3.82. The van der Waals surface area contributed by atoms with Crippen LogP contribution < -0.4 is 5.32 Å². The highest BCUT2D eigenvalue weighted by Crippen LogP contribution is 2.27. The van der Waals surface area contributed by atoms with Gasteiger partial charge >= 0.3 is 12.1 Å². The third kappa shape index (κ3) is 7.93. The van der Waals surface area contributed by atoms with Gasteiger partial charge in [-0.2, -0.15) is 0 Å². The largest absolute Gasteiger partial charge is 0.480 e. The number of hydrogen-bond donors (Lipinski definition) is 2. The standard InChI is InChI=1S/C16H29NO4/c1-16(2,3)21-15(20)17-13(14(18)19)11-7-10-12-8-5-4-6-9-12/h12-13H,4-11H2,1-3H3,(H,17,20)(H,18,19). The van der Waals surface area contributed by atoms with Crippen LogP contribution in [0, 0.1) is 5.92 Å². The van der Waals surface area contributed by atoms with Crippen molar-refractivity contribution in [2.45, 2.75) is 83.8 Å². The molecule has 0 aliphatic heterocycles. The fraction of sp³-hybridized carbons (Fsp3) is 0.875. The third-order valence-corrected chi connectivity index (χ3v) is 3.82. The lowest BCUT2D eigenvalue weighted by Gasteiger charge is -2.23. The van der Waals surface area contributed by atoms with Crippen molar-refractivity contribution in [2.75, 3.05) is 0 Å². The highest BCUT2D eigenvalue weighted by molar-refractivity contribution is 5.79. The summed E-state index contributed by atoms with van der Waals surface area (Å²) in [6.45, 7) is 5.27. The average Bonchev–Trinajstić information content (AvgIpc) is 2.36. The number of aliphatic carboxylic acids is 1. The van der Waals surface area contributed by atoms with E-state index in [0.717, 1.165) is 18.8 Å². The van der Waals surface area contributed by atoms with Gasteiger partial charge in [0.05, 0.1) is 0 Å². The maximum Gasteiger partial charge on any atom is 0.408 e. The Balaban J connectivity index is 2.32. The summed E-state index contributed by atoms with van der Waals surface area (Å²) in [5.41, 5.74) is -0.616. The zero-order valence-corrected chi connectivity index (χ0v) is 13.5. The summed E-state index contributed by atoms with van der Waals surface area (Å²) in [5, 5.41) is 11.6. The van der Waals surface area contributed by atoms with E-state index >= 15 is 0 Å². The molecule has 0 heterocycles. The summed E-state index contributed by atoms with van der Waals surface area (Å²) in [7, 11) is 0. The van der Waals surface area contributed by atoms with E-state index in [1.54, 1.807) is 20.8 Å². The van der Waals surface area contributed by atoms with Gasteiger partial charge in [-0.25, -0.2) is 9.59 Å². The van der Waals surface area contributed by atoms with Crippen LogP contribution in [0.3, 0.4) is 0 Å². The molecule has 1 unspecified atom stereocenters. The second-order valence-electron chi connectivity index (χ2n) is 6.97. The lowest BCUT2D eigenvalue weighted by Crippen LogP contribution is -2.43. The SMILES string of the molecule is CC(C)(C)OC(=O)NC(CCCC1CCCCC1)C(=O)O. The molecule has 0 aromatic rings. The van der Waals surface area contributed by atoms with Gasteiger partial charge in [-0.3, -0.25) is 0 Å². The van der Waals surface area contributed by atoms with E-state index in [1.807, 2.05) is 0 Å². The number of carbonyl (C=O) groups is 2. The van der Waals surface area contributed by atoms with Gasteiger partial charge in [-0.1, -0.05) is 44.9 Å². The van der Waals surface area contributed by atoms with Crippen LogP contribution in [-0.4, -0.2) is 28.8 Å². The molecule has 1 rings (SSSR count). The summed E-state index contributed by atoms with van der Waals surface area (Å²) < 4.78 is 5.10. The van der Waals surface area contributed by atoms with E-state index in [9.17, 15) is 14.7 Å². The van der Waals surface area contributed by atoms with Gasteiger partial charge in [0.15, 0.2) is 0 Å². The number of carboxylic acid groups (broad SMARTS) is 1. The molecule has 1 fully saturated rings. The second kappa shape index (κ2) is 8.25. The van der Waals surface area contributed by atoms with Gasteiger partial charge in [0.1, 0.15) is 11.6 Å². The molecule has 0 aromatic heterocycles. The van der Waals surface area contributed by atoms with Crippen molar-refractivity contribution < 1.29 is 19.4 Å². The lowest BCUT2D eigenvalue weighted by atomic mass is 9.85. The molecule has 0 aromatic carbocycles. The maximum atomic E-state index is 11.6. The Hall–Kier alpha value is -1.26. The van der Waals surface area contributed by atoms with E-state index in [4.69, 9.17) is 4.74 Å². The number of alkyl carbamates (subject to hydrolysis) is 1. The summed E-state index contributed by atoms with van der Waals surface area (Å²) in [6.07, 6.45) is 8.13. The minimum absolute atomic E-state index is 0.463. The Morgan fingerprint density at radius 3 is 2.38 bits per heavy atom. The quantitative estimate of drug-likeness (QED) is 0.784. The molecule has 122 valence electrons. The lowest BCUT2D eigenvalue weighted by molar-refractivity contribution is -0.139. The van der Waals surface area contributed by atoms with Crippen LogP contribution in [0.4, 0.5) is 4.79 Å². The van der Waals surface area contributed by atoms with Gasteiger partial charge in [-0.05, 0) is 33.1 Å². The Labute approximate surface area is 127 Å². The van der Waals surface area contributed by atoms with Crippen LogP contribution >= 0.6 is 0 Å². The minimum atomic E-state index is -0.996. The van der Waals surface area contributed by atoms with Crippen LogP contribution in [0.2, 0.25) is 0 Å². The predicted molar refractivity (Wildman–Crippen MR) is 81.2 cm³/mol. The average molecular weight is 299 g/mol. The smallest absolute Gasteiger partial charge is 0.408 e. The zero-order valence-electron chi connectivity index (χ0n) is 13.5. The van der Waals surface area contributed by atoms with Gasteiger partial charge in [0, 0.05) is 0 Å². The first-order valence-electron chi connectivity index (χ1n) is 8.00. The van der Waals surface area contributed by atoms with Crippen LogP contribution in [0.25, 0.3) is 0 Å². The van der Waals surface area contributed by atoms with Crippen LogP contribution in [0.5, 0.6) is 0 Å². The monoisotopic (exact) mass is 299 g/mol. The topological polar surface area (TPSA) is 75.6 Å². The fourth-order valence-corrected chi connectivity index (χ4v) is 2.79. The first-order chi connectivity index (χ1) is 9.78. The van der Waals surface area contributed by atoms with Gasteiger partial charge < -0.3 is 15.2 Å². The highest BCUT2D eigenvalue weighted by Gasteiger charge is 2.24. The Morgan fingerprint density at radius 2 is 1.86 bits per heavy atom. The summed E-state index contributed by atoms with van der Waals surface area (Å²) in [4.78, 5) is 22.9. The number of nitrogens with one attached hydrogen (secondary N) is 1. The number of carboxylic acids is 1. The second-order valence-corrected chi connectivity index (χ2v) is 6.97. The highest BCUT2D eigenvalue weighted by atomic mass is 16.6. The van der Waals surface area contributed by atoms with E-state index < -0.39 is 23.7 Å². The molecule has 0 radical (unpaired) electrons. The molecule has 0 saturated heterocycles. The number of carbonyl (C=O) groups excluding carboxylic acids is 1. The van der Waals surface area contributed by atoms with Gasteiger partial charge in [-0.15, -0.1) is 0 Å². The molecular weight excluding hydrogens is 270 g/mol. The Bertz CT molecular complexity index is 343. The predicted octanol–water partition coefficient (Wildman–Crippen LogP) is 3.71. The number of rotatable bonds is 6. The van der Waals surface area contributed by atoms with E-state index in [2.05, 4.69) is 5.32 Å². The molecule has 0 bridgehead atoms. The van der Waals surface area contributed by atoms with Crippen LogP contribution in [-0.2, 0) is 9.53 Å². The van der Waals surface area contributed by atoms with Crippen molar-refractivity contribution in [3.8, 4) is 0 Å². The van der Waals surface area contributed by atoms with Crippen LogP contribution in [0.1, 0.15) is 72.1 Å². The molecule has 5 nitrogen and oxygen atoms in total. The molecule has 1 aliphatic carbocycles. The number of amides is 1. The molecule has 0 spiro atoms. The van der Waals surface area contributed by atoms with Crippen molar-refractivity contribution in [3.05, 3.63) is 0 Å². The van der Waals surface area contributed by atoms with Crippen molar-refractivity contribution in [3.63, 3.8) is 0 Å². The minimum Gasteiger partial charge on any atom is -0.480 e. The van der Waals surface area contributed by atoms with Crippen molar-refractivity contribution in [2.24, 2.45) is 5.92 Å². The van der Waals surface area contributed by atoms with Crippen molar-refractivity contribution in [1.29, 1.82) is 0 Å². The molecule has 1 amide bonds. The Morgan fingerprint density at radius 1 is 1.24 bits per heavy atom. The fourth-order valence-electron chi connectivity index (χ4n) is 2.79. The van der Waals surface area contributed by atoms with E-state index in [0.29, 0.717) is 6.42 Å². The molecule has 2 N–H and O–H groups in total. The molecule has 21 heavy (non-hydrogen) atoms. The number of ether oxygens (including phenoxy) is 1. The molecule has 1 aliphatic rings. The molecule has 1 saturated carbocycles. The first kappa shape index (κ1) is 17.8. The normalized spacial score (nSPS) is 18.0. The molecular formula is C16H29NO4. The zero-order chi connectivity index (χ0) is 15.9.